The van der Waals surface area contributed by atoms with Crippen LogP contribution in [0.1, 0.15) is 46.1 Å². The summed E-state index contributed by atoms with van der Waals surface area (Å²) >= 11 is 0. The molecule has 0 aliphatic carbocycles. The van der Waals surface area contributed by atoms with Crippen LogP contribution in [0.25, 0.3) is 22.3 Å². The lowest BCUT2D eigenvalue weighted by Crippen LogP contribution is -2.12. The van der Waals surface area contributed by atoms with Crippen molar-refractivity contribution in [1.82, 2.24) is 0 Å². The zero-order valence-corrected chi connectivity index (χ0v) is 17.3. The molecule has 0 bridgehead atoms. The van der Waals surface area contributed by atoms with Gasteiger partial charge in [0.1, 0.15) is 11.5 Å². The molecule has 0 spiro atoms. The van der Waals surface area contributed by atoms with Crippen LogP contribution < -0.4 is 4.74 Å². The van der Waals surface area contributed by atoms with Gasteiger partial charge in [-0.15, -0.1) is 0 Å². The lowest BCUT2D eigenvalue weighted by molar-refractivity contribution is 0.311. The quantitative estimate of drug-likeness (QED) is 0.462. The third-order valence-corrected chi connectivity index (χ3v) is 4.98. The number of benzene rings is 3. The third-order valence-electron chi connectivity index (χ3n) is 4.98. The Balaban J connectivity index is 2.30. The van der Waals surface area contributed by atoms with Gasteiger partial charge < -0.3 is 9.84 Å². The molecule has 0 saturated heterocycles. The van der Waals surface area contributed by atoms with Gasteiger partial charge >= 0.3 is 0 Å². The molecule has 3 aromatic carbocycles. The van der Waals surface area contributed by atoms with Crippen LogP contribution in [-0.2, 0) is 5.41 Å². The van der Waals surface area contributed by atoms with E-state index in [0.29, 0.717) is 6.61 Å². The average Bonchev–Trinajstić information content (AvgIpc) is 2.68. The van der Waals surface area contributed by atoms with E-state index in [0.717, 1.165) is 40.8 Å². The molecule has 0 unspecified atom stereocenters. The van der Waals surface area contributed by atoms with Crippen molar-refractivity contribution >= 4 is 0 Å². The minimum absolute atomic E-state index is 0.0232. The Morgan fingerprint density at radius 1 is 0.821 bits per heavy atom. The first-order valence-corrected chi connectivity index (χ1v) is 10.1. The van der Waals surface area contributed by atoms with Gasteiger partial charge in [-0.3, -0.25) is 0 Å². The highest BCUT2D eigenvalue weighted by Gasteiger charge is 2.22. The molecule has 0 aliphatic rings. The highest BCUT2D eigenvalue weighted by atomic mass is 16.5. The van der Waals surface area contributed by atoms with Gasteiger partial charge in [0.15, 0.2) is 0 Å². The fourth-order valence-corrected chi connectivity index (χ4v) is 3.27. The minimum Gasteiger partial charge on any atom is -0.507 e. The van der Waals surface area contributed by atoms with Crippen LogP contribution in [0.3, 0.4) is 0 Å². The van der Waals surface area contributed by atoms with E-state index in [1.54, 1.807) is 6.07 Å². The fraction of sp³-hybridized carbons (Fsp3) is 0.308. The lowest BCUT2D eigenvalue weighted by Gasteiger charge is -2.25. The predicted octanol–water partition coefficient (Wildman–Crippen LogP) is 7.20. The summed E-state index contributed by atoms with van der Waals surface area (Å²) in [6.07, 6.45) is 2.07. The Labute approximate surface area is 168 Å². The molecule has 146 valence electrons. The van der Waals surface area contributed by atoms with Crippen molar-refractivity contribution in [3.05, 3.63) is 72.3 Å². The predicted molar refractivity (Wildman–Crippen MR) is 118 cm³/mol. The number of hydrogen-bond donors (Lipinski definition) is 1. The first-order valence-electron chi connectivity index (χ1n) is 10.1. The second-order valence-corrected chi connectivity index (χ2v) is 8.24. The van der Waals surface area contributed by atoms with Gasteiger partial charge in [-0.05, 0) is 41.2 Å². The Kier molecular flexibility index (Phi) is 6.08. The van der Waals surface area contributed by atoms with Gasteiger partial charge in [0.2, 0.25) is 0 Å². The first-order chi connectivity index (χ1) is 13.4. The Bertz CT molecular complexity index is 921. The number of para-hydroxylation sites is 1. The van der Waals surface area contributed by atoms with Crippen LogP contribution in [0.4, 0.5) is 0 Å². The molecule has 0 amide bonds. The minimum atomic E-state index is -0.0232. The Hall–Kier alpha value is -2.74. The van der Waals surface area contributed by atoms with Crippen LogP contribution in [0, 0.1) is 0 Å². The zero-order valence-electron chi connectivity index (χ0n) is 17.3. The number of unbranched alkanes of at least 4 members (excludes halogenated alkanes) is 1. The molecule has 0 radical (unpaired) electrons. The molecule has 0 saturated carbocycles. The fourth-order valence-electron chi connectivity index (χ4n) is 3.27. The van der Waals surface area contributed by atoms with Crippen LogP contribution in [-0.4, -0.2) is 11.7 Å². The normalized spacial score (nSPS) is 11.4. The molecule has 0 fully saturated rings. The second kappa shape index (κ2) is 8.52. The van der Waals surface area contributed by atoms with Crippen LogP contribution >= 0.6 is 0 Å². The number of hydrogen-bond acceptors (Lipinski definition) is 2. The molecule has 0 aliphatic heterocycles. The van der Waals surface area contributed by atoms with E-state index in [1.165, 1.54) is 5.56 Å². The topological polar surface area (TPSA) is 29.5 Å². The molecule has 2 nitrogen and oxygen atoms in total. The molecule has 2 heteroatoms. The van der Waals surface area contributed by atoms with E-state index in [1.807, 2.05) is 24.3 Å². The highest BCUT2D eigenvalue weighted by molar-refractivity contribution is 5.85. The molecule has 28 heavy (non-hydrogen) atoms. The van der Waals surface area contributed by atoms with Gasteiger partial charge in [-0.2, -0.15) is 0 Å². The summed E-state index contributed by atoms with van der Waals surface area (Å²) in [5.41, 5.74) is 5.13. The molecular weight excluding hydrogens is 344 g/mol. The summed E-state index contributed by atoms with van der Waals surface area (Å²) in [7, 11) is 0. The standard InChI is InChI=1S/C26H30O2/c1-5-6-16-28-25-22(19-12-8-7-9-13-19)17-20(26(2,3)4)18-23(25)21-14-10-11-15-24(21)27/h7-15,17-18,27H,5-6,16H2,1-4H3. The zero-order chi connectivity index (χ0) is 20.1. The lowest BCUT2D eigenvalue weighted by atomic mass is 9.82. The maximum atomic E-state index is 10.6. The summed E-state index contributed by atoms with van der Waals surface area (Å²) < 4.78 is 6.33. The Morgan fingerprint density at radius 2 is 1.46 bits per heavy atom. The molecule has 3 aromatic rings. The number of ether oxygens (including phenoxy) is 1. The maximum Gasteiger partial charge on any atom is 0.135 e. The molecule has 0 atom stereocenters. The summed E-state index contributed by atoms with van der Waals surface area (Å²) in [5.74, 6) is 1.11. The van der Waals surface area contributed by atoms with E-state index < -0.39 is 0 Å². The van der Waals surface area contributed by atoms with Crippen LogP contribution in [0.15, 0.2) is 66.7 Å². The average molecular weight is 375 g/mol. The smallest absolute Gasteiger partial charge is 0.135 e. The van der Waals surface area contributed by atoms with E-state index in [9.17, 15) is 5.11 Å². The summed E-state index contributed by atoms with van der Waals surface area (Å²) in [4.78, 5) is 0. The molecular formula is C26H30O2. The number of aromatic hydroxyl groups is 1. The first kappa shape index (κ1) is 20.0. The SMILES string of the molecule is CCCCOc1c(-c2ccccc2)cc(C(C)(C)C)cc1-c1ccccc1O. The van der Waals surface area contributed by atoms with E-state index in [2.05, 4.69) is 64.1 Å². The van der Waals surface area contributed by atoms with Gasteiger partial charge in [0.25, 0.3) is 0 Å². The van der Waals surface area contributed by atoms with Crippen molar-refractivity contribution in [2.75, 3.05) is 6.61 Å². The molecule has 3 rings (SSSR count). The van der Waals surface area contributed by atoms with Gasteiger partial charge in [0, 0.05) is 16.7 Å². The monoisotopic (exact) mass is 374 g/mol. The van der Waals surface area contributed by atoms with E-state index in [-0.39, 0.29) is 11.2 Å². The van der Waals surface area contributed by atoms with Gasteiger partial charge in [-0.25, -0.2) is 0 Å². The third kappa shape index (κ3) is 4.39. The Morgan fingerprint density at radius 3 is 2.11 bits per heavy atom. The molecule has 0 aromatic heterocycles. The summed E-state index contributed by atoms with van der Waals surface area (Å²) in [6.45, 7) is 9.45. The number of phenolic OH excluding ortho intramolecular Hbond substituents is 1. The van der Waals surface area contributed by atoms with E-state index >= 15 is 0 Å². The van der Waals surface area contributed by atoms with Gasteiger partial charge in [0.05, 0.1) is 6.61 Å². The van der Waals surface area contributed by atoms with E-state index in [4.69, 9.17) is 4.74 Å². The molecule has 0 heterocycles. The van der Waals surface area contributed by atoms with Crippen molar-refractivity contribution < 1.29 is 9.84 Å². The molecule has 1 N–H and O–H groups in total. The summed E-state index contributed by atoms with van der Waals surface area (Å²) in [5, 5.41) is 10.6. The largest absolute Gasteiger partial charge is 0.507 e. The summed E-state index contributed by atoms with van der Waals surface area (Å²) in [6, 6.07) is 22.3. The second-order valence-electron chi connectivity index (χ2n) is 8.24. The van der Waals surface area contributed by atoms with Gasteiger partial charge in [-0.1, -0.05) is 82.6 Å². The maximum absolute atomic E-state index is 10.6. The van der Waals surface area contributed by atoms with Crippen molar-refractivity contribution in [3.63, 3.8) is 0 Å². The van der Waals surface area contributed by atoms with Crippen LogP contribution in [0.2, 0.25) is 0 Å². The van der Waals surface area contributed by atoms with Crippen molar-refractivity contribution in [2.24, 2.45) is 0 Å². The van der Waals surface area contributed by atoms with Crippen LogP contribution in [0.5, 0.6) is 11.5 Å². The highest BCUT2D eigenvalue weighted by Crippen LogP contribution is 2.45. The van der Waals surface area contributed by atoms with Crippen molar-refractivity contribution in [3.8, 4) is 33.8 Å². The number of rotatable bonds is 6. The van der Waals surface area contributed by atoms with Crippen molar-refractivity contribution in [1.29, 1.82) is 0 Å². The van der Waals surface area contributed by atoms with Crippen molar-refractivity contribution in [2.45, 2.75) is 46.0 Å². The number of phenols is 1.